The molecule has 1 aliphatic carbocycles. The SMILES string of the molecule is CC[C@@H](C)[C@H]([C@H](CC(=O)N1CCC[C@@H]1[C@@H](OC)[C@H](C)C(=O)N[C@@H](C)[C@H](O)c1ccccc1)OC)N(C)C(=O)[C@H](NC(=O)[C@@H](C(C)C)N(C)C(=O)OCc1ccc(NC(=O)[C@@H](CCCCNC(C)=C2C(=O)CC(C)(C)CC2=O)NC(=O)[C@H](NC(=O)CCCC(=O)NC)C(C)C)cc1)C(C)C. The molecule has 0 spiro atoms. The Labute approximate surface area is 586 Å². The second kappa shape index (κ2) is 39.9. The summed E-state index contributed by atoms with van der Waals surface area (Å²) in [4.78, 5) is 155. The number of unbranched alkanes of at least 4 members (excludes halogenated alkanes) is 1. The fourth-order valence-electron chi connectivity index (χ4n) is 13.2. The highest BCUT2D eigenvalue weighted by Crippen LogP contribution is 2.35. The van der Waals surface area contributed by atoms with Crippen molar-refractivity contribution in [3.63, 3.8) is 0 Å². The molecule has 1 heterocycles. The van der Waals surface area contributed by atoms with Gasteiger partial charge in [-0.2, -0.15) is 0 Å². The lowest BCUT2D eigenvalue weighted by Crippen LogP contribution is -2.60. The molecule has 2 aliphatic rings. The van der Waals surface area contributed by atoms with Gasteiger partial charge in [0.25, 0.3) is 0 Å². The van der Waals surface area contributed by atoms with E-state index in [2.05, 4.69) is 37.2 Å². The van der Waals surface area contributed by atoms with Crippen LogP contribution in [0.1, 0.15) is 184 Å². The third kappa shape index (κ3) is 24.5. The van der Waals surface area contributed by atoms with Crippen LogP contribution in [0.15, 0.2) is 65.9 Å². The number of methoxy groups -OCH3 is 2. The van der Waals surface area contributed by atoms with Crippen molar-refractivity contribution in [1.29, 1.82) is 0 Å². The average molecular weight is 1390 g/mol. The maximum Gasteiger partial charge on any atom is 0.410 e. The van der Waals surface area contributed by atoms with Crippen molar-refractivity contribution in [3.05, 3.63) is 77.0 Å². The molecule has 25 heteroatoms. The molecule has 99 heavy (non-hydrogen) atoms. The second-order valence-corrected chi connectivity index (χ2v) is 28.7. The molecule has 1 aliphatic heterocycles. The molecule has 12 atom stereocenters. The molecular formula is C74H116N10O15. The van der Waals surface area contributed by atoms with E-state index in [1.165, 1.54) is 33.2 Å². The molecule has 0 aromatic heterocycles. The van der Waals surface area contributed by atoms with Crippen molar-refractivity contribution < 1.29 is 72.1 Å². The maximum atomic E-state index is 14.9. The number of likely N-dealkylation sites (tertiary alicyclic amines) is 1. The first-order valence-electron chi connectivity index (χ1n) is 35.2. The molecule has 1 saturated carbocycles. The number of amides is 9. The quantitative estimate of drug-likeness (QED) is 0.0190. The molecule has 0 bridgehead atoms. The number of hydrogen-bond acceptors (Lipinski definition) is 16. The van der Waals surface area contributed by atoms with E-state index in [0.29, 0.717) is 67.7 Å². The topological polar surface area (TPSA) is 330 Å². The number of anilines is 1. The molecule has 2 fully saturated rings. The summed E-state index contributed by atoms with van der Waals surface area (Å²) in [6, 6.07) is 9.66. The summed E-state index contributed by atoms with van der Waals surface area (Å²) in [5, 5.41) is 31.0. The molecular weight excluding hydrogens is 1270 g/mol. The van der Waals surface area contributed by atoms with Crippen LogP contribution in [0.25, 0.3) is 0 Å². The number of nitrogens with one attached hydrogen (secondary N) is 7. The number of nitrogens with zero attached hydrogens (tertiary/aromatic N) is 3. The van der Waals surface area contributed by atoms with Gasteiger partial charge in [0.15, 0.2) is 11.6 Å². The first-order chi connectivity index (χ1) is 46.6. The monoisotopic (exact) mass is 1380 g/mol. The minimum absolute atomic E-state index is 0.00853. The van der Waals surface area contributed by atoms with Crippen LogP contribution in [0.5, 0.6) is 0 Å². The van der Waals surface area contributed by atoms with Gasteiger partial charge in [-0.25, -0.2) is 4.79 Å². The number of aliphatic hydroxyl groups is 1. The molecule has 552 valence electrons. The van der Waals surface area contributed by atoms with Crippen LogP contribution in [0.4, 0.5) is 10.5 Å². The average Bonchev–Trinajstić information content (AvgIpc) is 1.66. The van der Waals surface area contributed by atoms with E-state index >= 15 is 0 Å². The molecule has 25 nitrogen and oxygen atoms in total. The van der Waals surface area contributed by atoms with Crippen LogP contribution in [-0.2, 0) is 68.8 Å². The normalized spacial score (nSPS) is 17.9. The number of rotatable bonds is 38. The first-order valence-corrected chi connectivity index (χ1v) is 35.2. The number of aliphatic hydroxyl groups excluding tert-OH is 1. The Morgan fingerprint density at radius 1 is 0.707 bits per heavy atom. The van der Waals surface area contributed by atoms with Gasteiger partial charge in [0.05, 0.1) is 54.3 Å². The number of carbonyl (C=O) groups excluding carboxylic acids is 11. The highest BCUT2D eigenvalue weighted by molar-refractivity contribution is 6.22. The van der Waals surface area contributed by atoms with Crippen LogP contribution in [0.2, 0.25) is 0 Å². The zero-order valence-electron chi connectivity index (χ0n) is 62.0. The van der Waals surface area contributed by atoms with Crippen molar-refractivity contribution in [3.8, 4) is 0 Å². The third-order valence-corrected chi connectivity index (χ3v) is 19.2. The van der Waals surface area contributed by atoms with Gasteiger partial charge in [-0.3, -0.25) is 52.8 Å². The van der Waals surface area contributed by atoms with Gasteiger partial charge in [0, 0.05) is 85.5 Å². The Kier molecular flexibility index (Phi) is 33.7. The van der Waals surface area contributed by atoms with E-state index in [1.807, 2.05) is 45.9 Å². The summed E-state index contributed by atoms with van der Waals surface area (Å²) >= 11 is 0. The number of Topliss-reactive ketones (excluding diaryl/α,β-unsaturated/α-hetero) is 2. The molecule has 1 saturated heterocycles. The number of benzene rings is 2. The summed E-state index contributed by atoms with van der Waals surface area (Å²) in [6.45, 7) is 24.2. The van der Waals surface area contributed by atoms with E-state index in [0.717, 1.165) is 0 Å². The minimum Gasteiger partial charge on any atom is -0.445 e. The molecule has 2 aromatic carbocycles. The maximum absolute atomic E-state index is 14.9. The van der Waals surface area contributed by atoms with Crippen LogP contribution < -0.4 is 37.2 Å². The van der Waals surface area contributed by atoms with Gasteiger partial charge in [-0.1, -0.05) is 125 Å². The van der Waals surface area contributed by atoms with Crippen molar-refractivity contribution in [2.75, 3.05) is 53.8 Å². The Bertz CT molecular complexity index is 3060. The lowest BCUT2D eigenvalue weighted by atomic mass is 9.73. The van der Waals surface area contributed by atoms with Gasteiger partial charge in [0.2, 0.25) is 47.3 Å². The number of allylic oxidation sites excluding steroid dienone is 2. The van der Waals surface area contributed by atoms with E-state index < -0.39 is 119 Å². The lowest BCUT2D eigenvalue weighted by Gasteiger charge is -2.41. The van der Waals surface area contributed by atoms with E-state index in [4.69, 9.17) is 14.2 Å². The molecule has 4 rings (SSSR count). The zero-order valence-corrected chi connectivity index (χ0v) is 62.0. The zero-order chi connectivity index (χ0) is 74.2. The third-order valence-electron chi connectivity index (χ3n) is 19.2. The highest BCUT2D eigenvalue weighted by Gasteiger charge is 2.44. The summed E-state index contributed by atoms with van der Waals surface area (Å²) in [7, 11) is 7.60. The Morgan fingerprint density at radius 3 is 1.89 bits per heavy atom. The van der Waals surface area contributed by atoms with E-state index in [-0.39, 0.29) is 98.2 Å². The number of hydrogen-bond donors (Lipinski definition) is 8. The number of ketones is 2. The van der Waals surface area contributed by atoms with Crippen LogP contribution in [-0.4, -0.2) is 188 Å². The summed E-state index contributed by atoms with van der Waals surface area (Å²) in [5.41, 5.74) is 1.82. The lowest BCUT2D eigenvalue weighted by molar-refractivity contribution is -0.148. The van der Waals surface area contributed by atoms with E-state index in [1.54, 1.807) is 116 Å². The molecule has 8 N–H and O–H groups in total. The number of carbonyl (C=O) groups is 11. The standard InChI is InChI=1S/C74H116N10O15/c1-19-46(8)65(57(97-17)39-60(89)84-38-26-30-54(84)67(98-18)47(9)68(91)77-49(11)66(90)51-27-21-20-22-28-51)82(15)72(95)63(44(4)5)81-71(94)64(45(6)7)83(16)73(96)99-42-50-33-35-52(36-34-50)78-69(92)53(79-70(93)62(43(2)3)80-59(88)32-25-31-58(87)75-14)29-23-24-37-76-48(10)61-55(85)40-74(12,13)41-56(61)86/h20-22,27-28,33-36,43-47,49,53-54,57,62-67,76,90H,19,23-26,29-32,37-42H2,1-18H3,(H,75,87)(H,77,91)(H,78,92)(H,79,93)(H,80,88)(H,81,94)/t46-,47+,49+,53-,54-,57+,62-,63-,64-,65-,66+,67+/m1/s1. The van der Waals surface area contributed by atoms with Crippen molar-refractivity contribution in [2.45, 2.75) is 234 Å². The fourth-order valence-corrected chi connectivity index (χ4v) is 13.2. The minimum atomic E-state index is -1.09. The Balaban J connectivity index is 1.42. The second-order valence-electron chi connectivity index (χ2n) is 28.7. The van der Waals surface area contributed by atoms with Gasteiger partial charge in [-0.05, 0) is 105 Å². The van der Waals surface area contributed by atoms with Gasteiger partial charge in [-0.15, -0.1) is 0 Å². The first kappa shape index (κ1) is 83.6. The predicted octanol–water partition coefficient (Wildman–Crippen LogP) is 7.05. The van der Waals surface area contributed by atoms with Crippen molar-refractivity contribution in [2.24, 2.45) is 35.0 Å². The molecule has 0 radical (unpaired) electrons. The largest absolute Gasteiger partial charge is 0.445 e. The number of ether oxygens (including phenoxy) is 3. The summed E-state index contributed by atoms with van der Waals surface area (Å²) < 4.78 is 17.8. The van der Waals surface area contributed by atoms with Crippen molar-refractivity contribution in [1.82, 2.24) is 46.6 Å². The summed E-state index contributed by atoms with van der Waals surface area (Å²) in [5.74, 6) is -5.85. The van der Waals surface area contributed by atoms with Crippen molar-refractivity contribution >= 4 is 70.6 Å². The van der Waals surface area contributed by atoms with E-state index in [9.17, 15) is 57.8 Å². The number of likely N-dealkylation sites (N-methyl/N-ethyl adjacent to an activating group) is 2. The molecule has 9 amide bonds. The van der Waals surface area contributed by atoms with Gasteiger partial charge < -0.3 is 66.3 Å². The molecule has 0 unspecified atom stereocenters. The fraction of sp³-hybridized carbons (Fsp3) is 0.662. The van der Waals surface area contributed by atoms with Gasteiger partial charge >= 0.3 is 6.09 Å². The smallest absolute Gasteiger partial charge is 0.410 e. The Hall–Kier alpha value is -7.77. The van der Waals surface area contributed by atoms with Crippen LogP contribution in [0.3, 0.4) is 0 Å². The highest BCUT2D eigenvalue weighted by atomic mass is 16.6. The van der Waals surface area contributed by atoms with Gasteiger partial charge in [0.1, 0.15) is 30.8 Å². The van der Waals surface area contributed by atoms with Crippen LogP contribution >= 0.6 is 0 Å². The van der Waals surface area contributed by atoms with Crippen LogP contribution in [0, 0.1) is 35.0 Å². The Morgan fingerprint density at radius 2 is 1.32 bits per heavy atom. The predicted molar refractivity (Wildman–Crippen MR) is 378 cm³/mol. The summed E-state index contributed by atoms with van der Waals surface area (Å²) in [6.07, 6.45) is 0.650. The molecule has 2 aromatic rings.